The highest BCUT2D eigenvalue weighted by Crippen LogP contribution is 2.50. The zero-order valence-electron chi connectivity index (χ0n) is 11.7. The highest BCUT2D eigenvalue weighted by Gasteiger charge is 2.48. The van der Waals surface area contributed by atoms with Gasteiger partial charge < -0.3 is 5.32 Å². The average molecular weight is 293 g/mol. The maximum Gasteiger partial charge on any atom is 0.116 e. The summed E-state index contributed by atoms with van der Waals surface area (Å²) in [5.74, 6) is 1.45. The van der Waals surface area contributed by atoms with E-state index in [-0.39, 0.29) is 17.8 Å². The Kier molecular flexibility index (Phi) is 3.46. The van der Waals surface area contributed by atoms with Gasteiger partial charge in [-0.3, -0.25) is 0 Å². The quantitative estimate of drug-likeness (QED) is 0.850. The van der Waals surface area contributed by atoms with E-state index in [1.165, 1.54) is 24.8 Å². The van der Waals surface area contributed by atoms with Crippen LogP contribution >= 0.6 is 12.4 Å². The number of rotatable bonds is 1. The first-order chi connectivity index (χ1) is 9.30. The molecule has 1 saturated heterocycles. The normalized spacial score (nSPS) is 32.9. The topological polar surface area (TPSA) is 53.6 Å². The molecule has 1 saturated carbocycles. The van der Waals surface area contributed by atoms with Gasteiger partial charge in [0.1, 0.15) is 11.0 Å². The fraction of sp³-hybridized carbons (Fsp3) is 0.600. The van der Waals surface area contributed by atoms with Crippen LogP contribution < -0.4 is 5.32 Å². The number of hydrogen-bond donors (Lipinski definition) is 2. The van der Waals surface area contributed by atoms with Gasteiger partial charge in [0.15, 0.2) is 0 Å². The maximum atomic E-state index is 4.41. The van der Waals surface area contributed by atoms with Crippen molar-refractivity contribution in [2.45, 2.75) is 31.6 Å². The molecule has 0 spiro atoms. The fourth-order valence-corrected chi connectivity index (χ4v) is 4.35. The van der Waals surface area contributed by atoms with Crippen LogP contribution in [0.3, 0.4) is 0 Å². The predicted molar refractivity (Wildman–Crippen MR) is 82.2 cm³/mol. The van der Waals surface area contributed by atoms with Gasteiger partial charge in [-0.2, -0.15) is 15.4 Å². The number of H-pyrrole nitrogens is 1. The summed E-state index contributed by atoms with van der Waals surface area (Å²) in [6.45, 7) is 4.73. The Hall–Kier alpha value is -1.13. The molecule has 2 fully saturated rings. The fourth-order valence-electron chi connectivity index (χ4n) is 4.35. The van der Waals surface area contributed by atoms with Crippen molar-refractivity contribution in [3.8, 4) is 0 Å². The minimum absolute atomic E-state index is 0. The monoisotopic (exact) mass is 292 g/mol. The predicted octanol–water partition coefficient (Wildman–Crippen LogP) is 2.66. The number of aromatic amines is 1. The lowest BCUT2D eigenvalue weighted by atomic mass is 9.56. The van der Waals surface area contributed by atoms with Crippen LogP contribution in [0.4, 0.5) is 0 Å². The molecule has 2 heterocycles. The molecule has 2 aromatic rings. The molecule has 2 aliphatic rings. The van der Waals surface area contributed by atoms with Crippen LogP contribution in [0, 0.1) is 11.8 Å². The summed E-state index contributed by atoms with van der Waals surface area (Å²) in [6, 6.07) is 6.44. The largest absolute Gasteiger partial charge is 0.316 e. The Morgan fingerprint density at radius 3 is 2.65 bits per heavy atom. The molecule has 2 bridgehead atoms. The molecular formula is C15H21ClN4. The molecule has 0 radical (unpaired) electrons. The van der Waals surface area contributed by atoms with E-state index >= 15 is 0 Å². The summed E-state index contributed by atoms with van der Waals surface area (Å²) >= 11 is 0. The number of nitrogens with one attached hydrogen (secondary N) is 2. The summed E-state index contributed by atoms with van der Waals surface area (Å²) in [4.78, 5) is 0. The average Bonchev–Trinajstić information content (AvgIpc) is 2.85. The molecule has 1 aromatic carbocycles. The van der Waals surface area contributed by atoms with Crippen molar-refractivity contribution in [2.75, 3.05) is 13.1 Å². The second-order valence-electron chi connectivity index (χ2n) is 6.26. The molecule has 1 aliphatic heterocycles. The van der Waals surface area contributed by atoms with Gasteiger partial charge in [-0.1, -0.05) is 25.5 Å². The van der Waals surface area contributed by atoms with Gasteiger partial charge in [-0.25, -0.2) is 0 Å². The van der Waals surface area contributed by atoms with Crippen LogP contribution in [-0.4, -0.2) is 28.5 Å². The first-order valence-electron chi connectivity index (χ1n) is 7.31. The Labute approximate surface area is 125 Å². The highest BCUT2D eigenvalue weighted by molar-refractivity contribution is 5.85. The number of fused-ring (bicyclic) bond motifs is 3. The van der Waals surface area contributed by atoms with Gasteiger partial charge in [-0.15, -0.1) is 12.4 Å². The van der Waals surface area contributed by atoms with Crippen LogP contribution in [0.1, 0.15) is 31.7 Å². The molecule has 1 aliphatic carbocycles. The summed E-state index contributed by atoms with van der Waals surface area (Å²) in [7, 11) is 0. The number of benzene rings is 1. The van der Waals surface area contributed by atoms with Crippen molar-refractivity contribution < 1.29 is 0 Å². The van der Waals surface area contributed by atoms with Crippen molar-refractivity contribution in [1.29, 1.82) is 0 Å². The van der Waals surface area contributed by atoms with Gasteiger partial charge >= 0.3 is 0 Å². The van der Waals surface area contributed by atoms with Crippen molar-refractivity contribution in [1.82, 2.24) is 20.7 Å². The minimum atomic E-state index is 0. The second kappa shape index (κ2) is 5.01. The molecule has 2 unspecified atom stereocenters. The van der Waals surface area contributed by atoms with E-state index < -0.39 is 0 Å². The third-order valence-electron chi connectivity index (χ3n) is 5.51. The molecule has 2 N–H and O–H groups in total. The van der Waals surface area contributed by atoms with E-state index in [4.69, 9.17) is 0 Å². The Morgan fingerprint density at radius 1 is 1.15 bits per heavy atom. The number of halogens is 1. The lowest BCUT2D eigenvalue weighted by Crippen LogP contribution is -2.55. The van der Waals surface area contributed by atoms with Crippen LogP contribution in [0.15, 0.2) is 18.2 Å². The minimum Gasteiger partial charge on any atom is -0.316 e. The van der Waals surface area contributed by atoms with Crippen molar-refractivity contribution >= 4 is 23.4 Å². The Bertz CT molecular complexity index is 587. The van der Waals surface area contributed by atoms with Gasteiger partial charge in [0.2, 0.25) is 0 Å². The summed E-state index contributed by atoms with van der Waals surface area (Å²) in [6.07, 6.45) is 4.03. The zero-order valence-corrected chi connectivity index (χ0v) is 12.5. The van der Waals surface area contributed by atoms with E-state index in [9.17, 15) is 0 Å². The van der Waals surface area contributed by atoms with Crippen molar-refractivity contribution in [3.63, 3.8) is 0 Å². The maximum absolute atomic E-state index is 4.41. The standard InChI is InChI=1S/C15H20N4.ClH/c1-15(10-4-2-5-11(15)9-16-8-10)12-6-3-7-13-14(12)18-19-17-13;/h3,6-7,10-11,16H,2,4-5,8-9H2,1H3,(H,17,18,19);1H. The van der Waals surface area contributed by atoms with Gasteiger partial charge in [-0.05, 0) is 49.4 Å². The first-order valence-corrected chi connectivity index (χ1v) is 7.31. The number of piperidine rings is 1. The Balaban J connectivity index is 0.00000121. The van der Waals surface area contributed by atoms with Crippen LogP contribution in [0.25, 0.3) is 11.0 Å². The number of nitrogens with zero attached hydrogens (tertiary/aromatic N) is 2. The third kappa shape index (κ3) is 1.78. The van der Waals surface area contributed by atoms with Crippen molar-refractivity contribution in [2.24, 2.45) is 11.8 Å². The van der Waals surface area contributed by atoms with Gasteiger partial charge in [0, 0.05) is 5.41 Å². The number of para-hydroxylation sites is 1. The smallest absolute Gasteiger partial charge is 0.116 e. The zero-order chi connectivity index (χ0) is 12.9. The molecule has 20 heavy (non-hydrogen) atoms. The molecule has 1 aromatic heterocycles. The highest BCUT2D eigenvalue weighted by atomic mass is 35.5. The molecule has 108 valence electrons. The molecular weight excluding hydrogens is 272 g/mol. The molecule has 0 amide bonds. The third-order valence-corrected chi connectivity index (χ3v) is 5.51. The summed E-state index contributed by atoms with van der Waals surface area (Å²) < 4.78 is 0. The number of hydrogen-bond acceptors (Lipinski definition) is 3. The van der Waals surface area contributed by atoms with E-state index in [1.807, 2.05) is 6.07 Å². The van der Waals surface area contributed by atoms with E-state index in [0.717, 1.165) is 36.0 Å². The molecule has 4 rings (SSSR count). The van der Waals surface area contributed by atoms with Crippen LogP contribution in [0.2, 0.25) is 0 Å². The van der Waals surface area contributed by atoms with Gasteiger partial charge in [0.25, 0.3) is 0 Å². The SMILES string of the molecule is CC1(c2cccc3n[nH]nc23)C2CCCC1CNC2.Cl. The molecule has 2 atom stereocenters. The lowest BCUT2D eigenvalue weighted by molar-refractivity contribution is 0.0829. The van der Waals surface area contributed by atoms with E-state index in [2.05, 4.69) is 39.8 Å². The number of aromatic nitrogens is 3. The molecule has 4 nitrogen and oxygen atoms in total. The van der Waals surface area contributed by atoms with E-state index in [0.29, 0.717) is 0 Å². The van der Waals surface area contributed by atoms with Gasteiger partial charge in [0.05, 0.1) is 0 Å². The first kappa shape index (κ1) is 13.8. The lowest BCUT2D eigenvalue weighted by Gasteiger charge is -2.52. The summed E-state index contributed by atoms with van der Waals surface area (Å²) in [5.41, 5.74) is 3.72. The van der Waals surface area contributed by atoms with Crippen LogP contribution in [0.5, 0.6) is 0 Å². The second-order valence-corrected chi connectivity index (χ2v) is 6.26. The van der Waals surface area contributed by atoms with E-state index in [1.54, 1.807) is 0 Å². The molecule has 5 heteroatoms. The summed E-state index contributed by atoms with van der Waals surface area (Å²) in [5, 5.41) is 15.1. The van der Waals surface area contributed by atoms with Crippen LogP contribution in [-0.2, 0) is 5.41 Å². The Morgan fingerprint density at radius 2 is 1.90 bits per heavy atom. The van der Waals surface area contributed by atoms with Crippen molar-refractivity contribution in [3.05, 3.63) is 23.8 Å².